The maximum atomic E-state index is 12.5. The fourth-order valence-corrected chi connectivity index (χ4v) is 3.52. The average Bonchev–Trinajstić information content (AvgIpc) is 2.85. The van der Waals surface area contributed by atoms with E-state index in [9.17, 15) is 4.79 Å². The van der Waals surface area contributed by atoms with Crippen LogP contribution in [0.4, 0.5) is 0 Å². The number of aryl methyl sites for hydroxylation is 1. The normalized spacial score (nSPS) is 26.2. The summed E-state index contributed by atoms with van der Waals surface area (Å²) in [6.07, 6.45) is 0.944. The van der Waals surface area contributed by atoms with Crippen molar-refractivity contribution in [3.8, 4) is 0 Å². The molecule has 0 aromatic heterocycles. The number of benzene rings is 1. The summed E-state index contributed by atoms with van der Waals surface area (Å²) in [5, 5.41) is 3.98. The van der Waals surface area contributed by atoms with Crippen LogP contribution in [0.2, 0.25) is 5.02 Å². The number of carbonyl (C=O) groups is 1. The number of halogens is 1. The van der Waals surface area contributed by atoms with Gasteiger partial charge in [-0.2, -0.15) is 0 Å². The van der Waals surface area contributed by atoms with Gasteiger partial charge in [0, 0.05) is 26.1 Å². The van der Waals surface area contributed by atoms with E-state index in [4.69, 9.17) is 11.6 Å². The highest BCUT2D eigenvalue weighted by atomic mass is 35.5. The molecule has 0 aliphatic carbocycles. The van der Waals surface area contributed by atoms with E-state index < -0.39 is 0 Å². The molecule has 18 heavy (non-hydrogen) atoms. The molecular weight excluding hydrogens is 248 g/mol. The molecule has 2 atom stereocenters. The molecule has 1 saturated heterocycles. The van der Waals surface area contributed by atoms with Crippen LogP contribution < -0.4 is 5.32 Å². The van der Waals surface area contributed by atoms with Crippen molar-refractivity contribution in [1.82, 2.24) is 10.2 Å². The lowest BCUT2D eigenvalue weighted by atomic mass is 9.81. The van der Waals surface area contributed by atoms with E-state index in [1.165, 1.54) is 11.1 Å². The molecule has 3 nitrogen and oxygen atoms in total. The zero-order valence-electron chi connectivity index (χ0n) is 10.7. The van der Waals surface area contributed by atoms with Crippen LogP contribution in [0.25, 0.3) is 0 Å². The van der Waals surface area contributed by atoms with Gasteiger partial charge in [-0.3, -0.25) is 4.79 Å². The van der Waals surface area contributed by atoms with E-state index >= 15 is 0 Å². The number of hydrogen-bond acceptors (Lipinski definition) is 2. The number of amides is 1. The molecule has 1 fully saturated rings. The van der Waals surface area contributed by atoms with Gasteiger partial charge in [-0.15, -0.1) is 0 Å². The Morgan fingerprint density at radius 3 is 2.94 bits per heavy atom. The number of likely N-dealkylation sites (N-methyl/N-ethyl adjacent to an activating group) is 1. The first-order valence-electron chi connectivity index (χ1n) is 6.44. The second kappa shape index (κ2) is 4.25. The first-order chi connectivity index (χ1) is 8.65. The molecule has 0 bridgehead atoms. The molecule has 2 aliphatic heterocycles. The maximum Gasteiger partial charge on any atom is 0.255 e. The Hall–Kier alpha value is -1.06. The van der Waals surface area contributed by atoms with Gasteiger partial charge in [0.1, 0.15) is 0 Å². The smallest absolute Gasteiger partial charge is 0.255 e. The summed E-state index contributed by atoms with van der Waals surface area (Å²) >= 11 is 6.25. The molecule has 2 aliphatic rings. The quantitative estimate of drug-likeness (QED) is 0.842. The van der Waals surface area contributed by atoms with E-state index in [0.29, 0.717) is 10.9 Å². The Balaban J connectivity index is 2.25. The van der Waals surface area contributed by atoms with Crippen molar-refractivity contribution in [3.05, 3.63) is 33.8 Å². The summed E-state index contributed by atoms with van der Waals surface area (Å²) < 4.78 is 0. The van der Waals surface area contributed by atoms with Crippen LogP contribution in [0.5, 0.6) is 0 Å². The second-order valence-corrected chi connectivity index (χ2v) is 5.50. The lowest BCUT2D eigenvalue weighted by molar-refractivity contribution is 0.0705. The lowest BCUT2D eigenvalue weighted by Gasteiger charge is -2.37. The molecule has 1 aromatic carbocycles. The van der Waals surface area contributed by atoms with Gasteiger partial charge < -0.3 is 10.2 Å². The number of nitrogens with zero attached hydrogens (tertiary/aromatic N) is 1. The number of hydrogen-bond donors (Lipinski definition) is 1. The topological polar surface area (TPSA) is 32.3 Å². The van der Waals surface area contributed by atoms with Crippen molar-refractivity contribution in [2.24, 2.45) is 0 Å². The Labute approximate surface area is 112 Å². The van der Waals surface area contributed by atoms with Crippen LogP contribution in [0.15, 0.2) is 12.1 Å². The molecule has 0 spiro atoms. The molecule has 0 radical (unpaired) electrons. The number of fused-ring (bicyclic) bond motifs is 3. The molecule has 3 rings (SSSR count). The van der Waals surface area contributed by atoms with Gasteiger partial charge in [0.2, 0.25) is 0 Å². The summed E-state index contributed by atoms with van der Waals surface area (Å²) in [5.74, 6) is 0.451. The minimum Gasteiger partial charge on any atom is -0.337 e. The largest absolute Gasteiger partial charge is 0.337 e. The summed E-state index contributed by atoms with van der Waals surface area (Å²) in [6.45, 7) is 3.94. The molecule has 4 heteroatoms. The molecule has 1 N–H and O–H groups in total. The average molecular weight is 265 g/mol. The van der Waals surface area contributed by atoms with Crippen molar-refractivity contribution in [2.45, 2.75) is 25.3 Å². The van der Waals surface area contributed by atoms with Crippen LogP contribution >= 0.6 is 11.6 Å². The fourth-order valence-electron chi connectivity index (χ4n) is 3.28. The van der Waals surface area contributed by atoms with Gasteiger partial charge in [-0.05, 0) is 23.6 Å². The van der Waals surface area contributed by atoms with Gasteiger partial charge in [-0.25, -0.2) is 0 Å². The molecule has 96 valence electrons. The number of rotatable bonds is 1. The molecule has 2 heterocycles. The zero-order valence-corrected chi connectivity index (χ0v) is 11.4. The van der Waals surface area contributed by atoms with Gasteiger partial charge in [0.05, 0.1) is 16.6 Å². The van der Waals surface area contributed by atoms with E-state index in [1.807, 2.05) is 18.0 Å². The maximum absolute atomic E-state index is 12.5. The Kier molecular flexibility index (Phi) is 2.83. The van der Waals surface area contributed by atoms with Gasteiger partial charge in [0.15, 0.2) is 0 Å². The molecular formula is C14H17ClN2O. The summed E-state index contributed by atoms with van der Waals surface area (Å²) in [7, 11) is 1.88. The van der Waals surface area contributed by atoms with E-state index in [2.05, 4.69) is 18.3 Å². The molecule has 1 aromatic rings. The van der Waals surface area contributed by atoms with Crippen LogP contribution in [0.3, 0.4) is 0 Å². The number of carbonyl (C=O) groups excluding carboxylic acids is 1. The predicted molar refractivity (Wildman–Crippen MR) is 72.3 cm³/mol. The number of nitrogens with one attached hydrogen (secondary N) is 1. The van der Waals surface area contributed by atoms with Crippen LogP contribution in [0, 0.1) is 0 Å². The first-order valence-corrected chi connectivity index (χ1v) is 6.82. The summed E-state index contributed by atoms with van der Waals surface area (Å²) in [4.78, 5) is 14.3. The van der Waals surface area contributed by atoms with Crippen LogP contribution in [-0.2, 0) is 6.42 Å². The third-order valence-corrected chi connectivity index (χ3v) is 4.57. The van der Waals surface area contributed by atoms with Gasteiger partial charge in [0.25, 0.3) is 5.91 Å². The van der Waals surface area contributed by atoms with E-state index in [1.54, 1.807) is 0 Å². The Morgan fingerprint density at radius 2 is 2.22 bits per heavy atom. The second-order valence-electron chi connectivity index (χ2n) is 5.10. The molecule has 0 saturated carbocycles. The van der Waals surface area contributed by atoms with Gasteiger partial charge >= 0.3 is 0 Å². The zero-order chi connectivity index (χ0) is 12.9. The van der Waals surface area contributed by atoms with Crippen LogP contribution in [-0.4, -0.2) is 37.0 Å². The van der Waals surface area contributed by atoms with E-state index in [0.717, 1.165) is 25.1 Å². The third kappa shape index (κ3) is 1.50. The summed E-state index contributed by atoms with van der Waals surface area (Å²) in [5.41, 5.74) is 3.17. The van der Waals surface area contributed by atoms with Crippen molar-refractivity contribution < 1.29 is 4.79 Å². The highest BCUT2D eigenvalue weighted by Crippen LogP contribution is 2.39. The Morgan fingerprint density at radius 1 is 1.44 bits per heavy atom. The molecule has 1 amide bonds. The highest BCUT2D eigenvalue weighted by molar-refractivity contribution is 6.34. The SMILES string of the molecule is CCc1ccc(Cl)c2c1[C@H]1CNC[C@@H]1N(C)C2=O. The minimum absolute atomic E-state index is 0.0650. The Bertz CT molecular complexity index is 515. The van der Waals surface area contributed by atoms with E-state index in [-0.39, 0.29) is 11.9 Å². The van der Waals surface area contributed by atoms with Crippen molar-refractivity contribution in [3.63, 3.8) is 0 Å². The van der Waals surface area contributed by atoms with Crippen molar-refractivity contribution in [1.29, 1.82) is 0 Å². The predicted octanol–water partition coefficient (Wildman–Crippen LogP) is 2.04. The molecule has 0 unspecified atom stereocenters. The van der Waals surface area contributed by atoms with Crippen molar-refractivity contribution >= 4 is 17.5 Å². The first kappa shape index (κ1) is 12.0. The monoisotopic (exact) mass is 264 g/mol. The summed E-state index contributed by atoms with van der Waals surface area (Å²) in [6, 6.07) is 4.19. The van der Waals surface area contributed by atoms with Crippen LogP contribution in [0.1, 0.15) is 34.3 Å². The van der Waals surface area contributed by atoms with Gasteiger partial charge in [-0.1, -0.05) is 24.6 Å². The lowest BCUT2D eigenvalue weighted by Crippen LogP contribution is -2.46. The third-order valence-electron chi connectivity index (χ3n) is 4.25. The van der Waals surface area contributed by atoms with Crippen molar-refractivity contribution in [2.75, 3.05) is 20.1 Å². The minimum atomic E-state index is 0.0650. The fraction of sp³-hybridized carbons (Fsp3) is 0.500. The highest BCUT2D eigenvalue weighted by Gasteiger charge is 2.42. The standard InChI is InChI=1S/C14H17ClN2O/c1-3-8-4-5-10(15)13-12(8)9-6-16-7-11(9)17(2)14(13)18/h4-5,9,11,16H,3,6-7H2,1-2H3/t9-,11-/m0/s1.